The number of amidine groups is 1. The van der Waals surface area contributed by atoms with Crippen molar-refractivity contribution >= 4 is 42.5 Å². The highest BCUT2D eigenvalue weighted by atomic mass is 35.5. The number of rotatable bonds is 11. The molecule has 0 saturated carbocycles. The SMILES string of the molecule is C=C/C(=C\C=C(\Cl)CCl)C1=C(CC(C)C)[B]C(=NCC(C=O)Cc2ccncn2)N1. The molecule has 0 amide bonds. The minimum absolute atomic E-state index is 0.250. The van der Waals surface area contributed by atoms with Crippen LogP contribution in [0.25, 0.3) is 0 Å². The fourth-order valence-corrected chi connectivity index (χ4v) is 3.13. The van der Waals surface area contributed by atoms with Gasteiger partial charge in [-0.15, -0.1) is 11.6 Å². The largest absolute Gasteiger partial charge is 0.353 e. The van der Waals surface area contributed by atoms with Gasteiger partial charge < -0.3 is 10.1 Å². The van der Waals surface area contributed by atoms with Crippen molar-refractivity contribution in [3.63, 3.8) is 0 Å². The molecule has 0 fully saturated rings. The molecule has 1 radical (unpaired) electrons. The van der Waals surface area contributed by atoms with Gasteiger partial charge in [-0.2, -0.15) is 0 Å². The summed E-state index contributed by atoms with van der Waals surface area (Å²) in [4.78, 5) is 24.2. The summed E-state index contributed by atoms with van der Waals surface area (Å²) in [5.74, 6) is 0.479. The van der Waals surface area contributed by atoms with E-state index in [0.29, 0.717) is 23.9 Å². The van der Waals surface area contributed by atoms with E-state index in [4.69, 9.17) is 23.2 Å². The Morgan fingerprint density at radius 1 is 1.37 bits per heavy atom. The summed E-state index contributed by atoms with van der Waals surface area (Å²) < 4.78 is 0. The molecule has 0 saturated heterocycles. The van der Waals surface area contributed by atoms with E-state index in [2.05, 4.69) is 40.7 Å². The standard InChI is InChI=1S/C22H26BCl2N4O/c1-4-17(5-6-18(25)11-24)21-20(9-15(2)3)23-22(29-21)27-12-16(13-30)10-19-7-8-26-14-28-19/h4-8,13-16H,1,9-12H2,2-3H3,(H,27,29)/b17-5+,18-6+. The van der Waals surface area contributed by atoms with Gasteiger partial charge in [0.25, 0.3) is 0 Å². The molecule has 2 rings (SSSR count). The van der Waals surface area contributed by atoms with Crippen LogP contribution >= 0.6 is 23.2 Å². The van der Waals surface area contributed by atoms with E-state index in [0.717, 1.165) is 40.9 Å². The molecule has 1 atom stereocenters. The Morgan fingerprint density at radius 3 is 2.77 bits per heavy atom. The third-order valence-electron chi connectivity index (χ3n) is 4.40. The second kappa shape index (κ2) is 12.5. The quantitative estimate of drug-likeness (QED) is 0.240. The number of aromatic nitrogens is 2. The number of alkyl halides is 1. The highest BCUT2D eigenvalue weighted by Crippen LogP contribution is 2.24. The van der Waals surface area contributed by atoms with E-state index in [9.17, 15) is 4.79 Å². The maximum absolute atomic E-state index is 11.5. The normalized spacial score (nSPS) is 17.2. The van der Waals surface area contributed by atoms with Crippen molar-refractivity contribution in [2.45, 2.75) is 26.7 Å². The van der Waals surface area contributed by atoms with Gasteiger partial charge in [0.2, 0.25) is 7.28 Å². The van der Waals surface area contributed by atoms with E-state index in [1.165, 1.54) is 6.33 Å². The summed E-state index contributed by atoms with van der Waals surface area (Å²) in [6, 6.07) is 1.81. The maximum atomic E-state index is 11.5. The second-order valence-electron chi connectivity index (χ2n) is 7.37. The first-order valence-electron chi connectivity index (χ1n) is 9.81. The highest BCUT2D eigenvalue weighted by molar-refractivity contribution is 6.82. The van der Waals surface area contributed by atoms with Crippen molar-refractivity contribution < 1.29 is 4.79 Å². The van der Waals surface area contributed by atoms with E-state index < -0.39 is 0 Å². The smallest absolute Gasteiger partial charge is 0.236 e. The molecular formula is C22H26BCl2N4O. The van der Waals surface area contributed by atoms with Crippen molar-refractivity contribution in [1.29, 1.82) is 0 Å². The monoisotopic (exact) mass is 443 g/mol. The van der Waals surface area contributed by atoms with Crippen molar-refractivity contribution in [1.82, 2.24) is 15.3 Å². The van der Waals surface area contributed by atoms with Gasteiger partial charge in [0.05, 0.1) is 11.6 Å². The lowest BCUT2D eigenvalue weighted by Crippen LogP contribution is -2.23. The summed E-state index contributed by atoms with van der Waals surface area (Å²) in [5, 5.41) is 3.92. The van der Waals surface area contributed by atoms with Crippen molar-refractivity contribution in [3.05, 3.63) is 70.9 Å². The van der Waals surface area contributed by atoms with Gasteiger partial charge in [0.15, 0.2) is 0 Å². The van der Waals surface area contributed by atoms with Gasteiger partial charge >= 0.3 is 0 Å². The maximum Gasteiger partial charge on any atom is 0.236 e. The van der Waals surface area contributed by atoms with Crippen LogP contribution in [-0.2, 0) is 11.2 Å². The molecule has 1 aromatic heterocycles. The van der Waals surface area contributed by atoms with E-state index in [1.54, 1.807) is 18.3 Å². The lowest BCUT2D eigenvalue weighted by molar-refractivity contribution is -0.110. The number of aliphatic imine (C=N–C) groups is 1. The first-order chi connectivity index (χ1) is 14.5. The molecule has 2 heterocycles. The molecule has 1 aromatic rings. The number of carbonyl (C=O) groups excluding carboxylic acids is 1. The van der Waals surface area contributed by atoms with E-state index >= 15 is 0 Å². The van der Waals surface area contributed by atoms with Gasteiger partial charge in [-0.25, -0.2) is 9.97 Å². The predicted octanol–water partition coefficient (Wildman–Crippen LogP) is 4.23. The fraction of sp³-hybridized carbons (Fsp3) is 0.364. The van der Waals surface area contributed by atoms with Crippen LogP contribution in [0.4, 0.5) is 0 Å². The van der Waals surface area contributed by atoms with Crippen LogP contribution in [-0.4, -0.2) is 41.7 Å². The number of hydrogen-bond donors (Lipinski definition) is 1. The summed E-state index contributed by atoms with van der Waals surface area (Å²) in [6.45, 7) is 8.63. The van der Waals surface area contributed by atoms with Crippen molar-refractivity contribution in [2.24, 2.45) is 16.8 Å². The average Bonchev–Trinajstić information content (AvgIpc) is 3.13. The fourth-order valence-electron chi connectivity index (χ4n) is 2.98. The number of nitrogens with one attached hydrogen (secondary N) is 1. The lowest BCUT2D eigenvalue weighted by atomic mass is 9.67. The minimum Gasteiger partial charge on any atom is -0.353 e. The zero-order chi connectivity index (χ0) is 21.9. The Kier molecular flexibility index (Phi) is 10.0. The molecule has 0 spiro atoms. The first kappa shape index (κ1) is 24.1. The Hall–Kier alpha value is -2.18. The van der Waals surface area contributed by atoms with Crippen LogP contribution < -0.4 is 5.32 Å². The van der Waals surface area contributed by atoms with E-state index in [1.807, 2.05) is 19.4 Å². The molecule has 5 nitrogen and oxygen atoms in total. The summed E-state index contributed by atoms with van der Waals surface area (Å²) in [7, 11) is 2.03. The molecule has 1 N–H and O–H groups in total. The number of halogens is 2. The Morgan fingerprint density at radius 2 is 2.17 bits per heavy atom. The summed E-state index contributed by atoms with van der Waals surface area (Å²) in [6.07, 6.45) is 10.9. The van der Waals surface area contributed by atoms with Crippen LogP contribution in [0.15, 0.2) is 70.2 Å². The topological polar surface area (TPSA) is 67.2 Å². The van der Waals surface area contributed by atoms with Gasteiger partial charge in [-0.3, -0.25) is 4.99 Å². The molecule has 0 bridgehead atoms. The first-order valence-corrected chi connectivity index (χ1v) is 10.7. The van der Waals surface area contributed by atoms with Crippen LogP contribution in [0, 0.1) is 11.8 Å². The number of carbonyl (C=O) groups is 1. The number of aldehydes is 1. The summed E-state index contributed by atoms with van der Waals surface area (Å²) in [5.41, 5.74) is 4.55. The molecule has 8 heteroatoms. The van der Waals surface area contributed by atoms with Crippen LogP contribution in [0.5, 0.6) is 0 Å². The van der Waals surface area contributed by atoms with Gasteiger partial charge in [0, 0.05) is 41.5 Å². The third kappa shape index (κ3) is 7.58. The van der Waals surface area contributed by atoms with Gasteiger partial charge in [-0.05, 0) is 30.1 Å². The second-order valence-corrected chi connectivity index (χ2v) is 8.12. The number of allylic oxidation sites excluding steroid dienone is 5. The lowest BCUT2D eigenvalue weighted by Gasteiger charge is -2.11. The van der Waals surface area contributed by atoms with E-state index in [-0.39, 0.29) is 11.8 Å². The molecule has 0 aliphatic carbocycles. The minimum atomic E-state index is -0.250. The Bertz CT molecular complexity index is 863. The van der Waals surface area contributed by atoms with Gasteiger partial charge in [-0.1, -0.05) is 49.7 Å². The van der Waals surface area contributed by atoms with Gasteiger partial charge in [0.1, 0.15) is 12.6 Å². The predicted molar refractivity (Wildman–Crippen MR) is 126 cm³/mol. The number of hydrogen-bond acceptors (Lipinski definition) is 4. The average molecular weight is 444 g/mol. The molecule has 1 aliphatic heterocycles. The number of nitrogens with zero attached hydrogens (tertiary/aromatic N) is 3. The molecular weight excluding hydrogens is 418 g/mol. The zero-order valence-electron chi connectivity index (χ0n) is 17.3. The Labute approximate surface area is 189 Å². The van der Waals surface area contributed by atoms with Crippen molar-refractivity contribution in [2.75, 3.05) is 12.4 Å². The van der Waals surface area contributed by atoms with Crippen molar-refractivity contribution in [3.8, 4) is 0 Å². The molecule has 157 valence electrons. The van der Waals surface area contributed by atoms with Crippen LogP contribution in [0.3, 0.4) is 0 Å². The molecule has 30 heavy (non-hydrogen) atoms. The van der Waals surface area contributed by atoms with Crippen LogP contribution in [0.1, 0.15) is 26.0 Å². The van der Waals surface area contributed by atoms with Crippen LogP contribution in [0.2, 0.25) is 0 Å². The molecule has 0 aromatic carbocycles. The Balaban J connectivity index is 2.16. The highest BCUT2D eigenvalue weighted by Gasteiger charge is 2.23. The summed E-state index contributed by atoms with van der Waals surface area (Å²) >= 11 is 11.8. The molecule has 1 aliphatic rings. The third-order valence-corrected chi connectivity index (χ3v) is 5.08. The zero-order valence-corrected chi connectivity index (χ0v) is 18.8. The molecule has 1 unspecified atom stereocenters.